The maximum atomic E-state index is 12.0. The highest BCUT2D eigenvalue weighted by Crippen LogP contribution is 2.21. The summed E-state index contributed by atoms with van der Waals surface area (Å²) in [5, 5.41) is 12.9. The monoisotopic (exact) mass is 321 g/mol. The van der Waals surface area contributed by atoms with E-state index in [-0.39, 0.29) is 18.1 Å². The first kappa shape index (κ1) is 15.7. The third-order valence-electron chi connectivity index (χ3n) is 3.76. The molecule has 0 aliphatic carbocycles. The van der Waals surface area contributed by atoms with Gasteiger partial charge in [0.05, 0.1) is 11.3 Å². The van der Waals surface area contributed by atoms with Crippen LogP contribution in [0, 0.1) is 10.1 Å². The van der Waals surface area contributed by atoms with E-state index < -0.39 is 4.92 Å². The molecule has 0 fully saturated rings. The number of ether oxygens (including phenoxy) is 1. The quantitative estimate of drug-likeness (QED) is 0.304. The summed E-state index contributed by atoms with van der Waals surface area (Å²) >= 11 is 0. The van der Waals surface area contributed by atoms with E-state index in [1.807, 2.05) is 42.5 Å². The van der Waals surface area contributed by atoms with Crippen molar-refractivity contribution >= 4 is 22.4 Å². The number of fused-ring (bicyclic) bond motifs is 1. The molecule has 0 aliphatic heterocycles. The highest BCUT2D eigenvalue weighted by atomic mass is 16.6. The molecule has 3 rings (SSSR count). The second-order valence-electron chi connectivity index (χ2n) is 5.36. The molecular weight excluding hydrogens is 306 g/mol. The van der Waals surface area contributed by atoms with Crippen LogP contribution in [0.4, 0.5) is 5.69 Å². The average Bonchev–Trinajstić information content (AvgIpc) is 2.60. The number of nitrogens with zero attached hydrogens (tertiary/aromatic N) is 1. The second-order valence-corrected chi connectivity index (χ2v) is 5.36. The topological polar surface area (TPSA) is 69.4 Å². The fraction of sp³-hybridized carbons (Fsp3) is 0.105. The van der Waals surface area contributed by atoms with E-state index in [0.29, 0.717) is 12.2 Å². The minimum atomic E-state index is -0.494. The van der Waals surface area contributed by atoms with Crippen molar-refractivity contribution in [3.8, 4) is 5.75 Å². The smallest absolute Gasteiger partial charge is 0.311 e. The average molecular weight is 321 g/mol. The number of non-ortho nitro benzene ring substituents is 1. The molecule has 0 spiro atoms. The number of hydrogen-bond acceptors (Lipinski definition) is 4. The van der Waals surface area contributed by atoms with Crippen LogP contribution in [-0.4, -0.2) is 10.9 Å². The van der Waals surface area contributed by atoms with Crippen molar-refractivity contribution in [3.05, 3.63) is 82.4 Å². The summed E-state index contributed by atoms with van der Waals surface area (Å²) in [6, 6.07) is 19.5. The Labute approximate surface area is 138 Å². The zero-order valence-corrected chi connectivity index (χ0v) is 12.8. The number of carbonyl (C=O) groups is 1. The summed E-state index contributed by atoms with van der Waals surface area (Å²) in [6.07, 6.45) is 0.818. The molecule has 0 saturated heterocycles. The number of nitro groups is 1. The van der Waals surface area contributed by atoms with E-state index in [1.165, 1.54) is 24.3 Å². The number of benzene rings is 3. The number of esters is 1. The van der Waals surface area contributed by atoms with Gasteiger partial charge in [0.25, 0.3) is 5.69 Å². The van der Waals surface area contributed by atoms with Crippen LogP contribution >= 0.6 is 0 Å². The zero-order chi connectivity index (χ0) is 16.9. The lowest BCUT2D eigenvalue weighted by atomic mass is 10.0. The number of nitro benzene ring substituents is 1. The van der Waals surface area contributed by atoms with Crippen LogP contribution in [0.1, 0.15) is 12.0 Å². The fourth-order valence-corrected chi connectivity index (χ4v) is 2.57. The summed E-state index contributed by atoms with van der Waals surface area (Å²) in [5.41, 5.74) is 1.05. The van der Waals surface area contributed by atoms with Crippen molar-refractivity contribution < 1.29 is 14.5 Å². The van der Waals surface area contributed by atoms with Crippen LogP contribution in [0.15, 0.2) is 66.7 Å². The van der Waals surface area contributed by atoms with Crippen LogP contribution in [0.5, 0.6) is 5.75 Å². The van der Waals surface area contributed by atoms with Gasteiger partial charge in [-0.1, -0.05) is 42.5 Å². The van der Waals surface area contributed by atoms with Gasteiger partial charge >= 0.3 is 5.97 Å². The van der Waals surface area contributed by atoms with Gasteiger partial charge in [-0.2, -0.15) is 0 Å². The van der Waals surface area contributed by atoms with E-state index >= 15 is 0 Å². The summed E-state index contributed by atoms with van der Waals surface area (Å²) < 4.78 is 5.22. The van der Waals surface area contributed by atoms with Gasteiger partial charge in [-0.25, -0.2) is 0 Å². The lowest BCUT2D eigenvalue weighted by Crippen LogP contribution is -2.09. The Hall–Kier alpha value is -3.21. The van der Waals surface area contributed by atoms with E-state index in [9.17, 15) is 14.9 Å². The standard InChI is InChI=1S/C19H15NO4/c21-19(24-17-11-9-16(10-12-17)20(22)23)13-8-15-6-3-5-14-4-1-2-7-18(14)15/h1-7,9-12H,8,13H2. The summed E-state index contributed by atoms with van der Waals surface area (Å²) in [4.78, 5) is 22.1. The van der Waals surface area contributed by atoms with Crippen LogP contribution in [0.3, 0.4) is 0 Å². The van der Waals surface area contributed by atoms with Gasteiger partial charge in [-0.3, -0.25) is 14.9 Å². The van der Waals surface area contributed by atoms with E-state index in [0.717, 1.165) is 16.3 Å². The Morgan fingerprint density at radius 2 is 1.67 bits per heavy atom. The largest absolute Gasteiger partial charge is 0.427 e. The van der Waals surface area contributed by atoms with E-state index in [1.54, 1.807) is 0 Å². The Bertz CT molecular complexity index is 882. The molecule has 0 N–H and O–H groups in total. The molecule has 3 aromatic carbocycles. The van der Waals surface area contributed by atoms with Gasteiger partial charge in [-0.05, 0) is 34.9 Å². The molecule has 0 atom stereocenters. The molecule has 0 saturated carbocycles. The summed E-state index contributed by atoms with van der Waals surface area (Å²) in [5.74, 6) is -0.0553. The highest BCUT2D eigenvalue weighted by molar-refractivity contribution is 5.86. The molecule has 0 radical (unpaired) electrons. The molecule has 0 amide bonds. The molecule has 120 valence electrons. The van der Waals surface area contributed by atoms with Gasteiger partial charge in [0.1, 0.15) is 5.75 Å². The molecular formula is C19H15NO4. The van der Waals surface area contributed by atoms with Crippen LogP contribution < -0.4 is 4.74 Å². The van der Waals surface area contributed by atoms with Gasteiger partial charge in [0.15, 0.2) is 0 Å². The minimum absolute atomic E-state index is 0.0365. The third kappa shape index (κ3) is 3.57. The first-order valence-electron chi connectivity index (χ1n) is 7.55. The van der Waals surface area contributed by atoms with Gasteiger partial charge in [0, 0.05) is 12.1 Å². The van der Waals surface area contributed by atoms with Crippen molar-refractivity contribution in [3.63, 3.8) is 0 Å². The number of carbonyl (C=O) groups excluding carboxylic acids is 1. The van der Waals surface area contributed by atoms with Gasteiger partial charge in [-0.15, -0.1) is 0 Å². The van der Waals surface area contributed by atoms with Crippen molar-refractivity contribution in [2.75, 3.05) is 0 Å². The lowest BCUT2D eigenvalue weighted by Gasteiger charge is -2.07. The second kappa shape index (κ2) is 6.91. The van der Waals surface area contributed by atoms with Crippen LogP contribution in [0.2, 0.25) is 0 Å². The normalized spacial score (nSPS) is 10.5. The lowest BCUT2D eigenvalue weighted by molar-refractivity contribution is -0.384. The fourth-order valence-electron chi connectivity index (χ4n) is 2.57. The molecule has 0 bridgehead atoms. The predicted octanol–water partition coefficient (Wildman–Crippen LogP) is 4.29. The Morgan fingerprint density at radius 3 is 2.42 bits per heavy atom. The molecule has 24 heavy (non-hydrogen) atoms. The highest BCUT2D eigenvalue weighted by Gasteiger charge is 2.09. The van der Waals surface area contributed by atoms with Gasteiger partial charge in [0.2, 0.25) is 0 Å². The first-order valence-corrected chi connectivity index (χ1v) is 7.55. The van der Waals surface area contributed by atoms with Crippen LogP contribution in [0.25, 0.3) is 10.8 Å². The molecule has 0 unspecified atom stereocenters. The summed E-state index contributed by atoms with van der Waals surface area (Å²) in [7, 11) is 0. The maximum Gasteiger partial charge on any atom is 0.311 e. The zero-order valence-electron chi connectivity index (χ0n) is 12.8. The van der Waals surface area contributed by atoms with Crippen molar-refractivity contribution in [2.45, 2.75) is 12.8 Å². The summed E-state index contributed by atoms with van der Waals surface area (Å²) in [6.45, 7) is 0. The number of rotatable bonds is 5. The predicted molar refractivity (Wildman–Crippen MR) is 91.0 cm³/mol. The third-order valence-corrected chi connectivity index (χ3v) is 3.76. The first-order chi connectivity index (χ1) is 11.6. The van der Waals surface area contributed by atoms with E-state index in [2.05, 4.69) is 0 Å². The van der Waals surface area contributed by atoms with Crippen molar-refractivity contribution in [1.82, 2.24) is 0 Å². The maximum absolute atomic E-state index is 12.0. The SMILES string of the molecule is O=C(CCc1cccc2ccccc12)Oc1ccc([N+](=O)[O-])cc1. The molecule has 0 heterocycles. The molecule has 3 aromatic rings. The van der Waals surface area contributed by atoms with Crippen molar-refractivity contribution in [2.24, 2.45) is 0 Å². The van der Waals surface area contributed by atoms with Gasteiger partial charge < -0.3 is 4.74 Å². The number of hydrogen-bond donors (Lipinski definition) is 0. The van der Waals surface area contributed by atoms with Crippen molar-refractivity contribution in [1.29, 1.82) is 0 Å². The Balaban J connectivity index is 1.64. The molecule has 0 aromatic heterocycles. The Morgan fingerprint density at radius 1 is 0.958 bits per heavy atom. The number of aryl methyl sites for hydroxylation is 1. The Kier molecular flexibility index (Phi) is 4.52. The molecule has 5 nitrogen and oxygen atoms in total. The minimum Gasteiger partial charge on any atom is -0.427 e. The molecule has 5 heteroatoms. The van der Waals surface area contributed by atoms with E-state index in [4.69, 9.17) is 4.74 Å². The van der Waals surface area contributed by atoms with Crippen LogP contribution in [-0.2, 0) is 11.2 Å². The molecule has 0 aliphatic rings.